The van der Waals surface area contributed by atoms with Crippen LogP contribution in [0.1, 0.15) is 24.3 Å². The molecule has 1 unspecified atom stereocenters. The summed E-state index contributed by atoms with van der Waals surface area (Å²) in [6.45, 7) is -0.842. The van der Waals surface area contributed by atoms with E-state index in [4.69, 9.17) is 14.5 Å². The summed E-state index contributed by atoms with van der Waals surface area (Å²) in [5, 5.41) is 20.4. The molecule has 1 aliphatic rings. The molecule has 0 spiro atoms. The van der Waals surface area contributed by atoms with Gasteiger partial charge in [-0.3, -0.25) is 18.5 Å². The van der Waals surface area contributed by atoms with Gasteiger partial charge in [-0.05, 0) is 5.56 Å². The lowest BCUT2D eigenvalue weighted by Gasteiger charge is -2.18. The van der Waals surface area contributed by atoms with Gasteiger partial charge in [0.2, 0.25) is 0 Å². The Hall–Kier alpha value is -2.11. The molecule has 0 saturated carbocycles. The lowest BCUT2D eigenvalue weighted by Crippen LogP contribution is -2.41. The topological polar surface area (TPSA) is 160 Å². The van der Waals surface area contributed by atoms with Crippen molar-refractivity contribution in [1.82, 2.24) is 9.13 Å². The molecule has 0 radical (unpaired) electrons. The zero-order chi connectivity index (χ0) is 21.2. The fraction of sp³-hybridized carbons (Fsp3) is 0.412. The second-order valence-corrected chi connectivity index (χ2v) is 7.84. The fourth-order valence-corrected chi connectivity index (χ4v) is 3.42. The summed E-state index contributed by atoms with van der Waals surface area (Å²) in [6, 6.07) is 9.68. The molecule has 1 aromatic heterocycles. The van der Waals surface area contributed by atoms with Crippen molar-refractivity contribution in [3.63, 3.8) is 0 Å². The summed E-state index contributed by atoms with van der Waals surface area (Å²) < 4.78 is 22.6. The van der Waals surface area contributed by atoms with Crippen LogP contribution in [0, 0.1) is 0 Å². The van der Waals surface area contributed by atoms with Crippen molar-refractivity contribution in [2.24, 2.45) is 0 Å². The average Bonchev–Trinajstić information content (AvgIpc) is 3.04. The Morgan fingerprint density at radius 1 is 1.21 bits per heavy atom. The van der Waals surface area contributed by atoms with E-state index in [1.54, 1.807) is 30.3 Å². The van der Waals surface area contributed by atoms with E-state index < -0.39 is 50.2 Å². The van der Waals surface area contributed by atoms with Gasteiger partial charge in [-0.15, -0.1) is 0 Å². The number of hydrogen-bond acceptors (Lipinski definition) is 7. The lowest BCUT2D eigenvalue weighted by molar-refractivity contribution is -0.0456. The first-order valence-corrected chi connectivity index (χ1v) is 10.3. The number of aromatic nitrogens is 2. The van der Waals surface area contributed by atoms with Crippen molar-refractivity contribution in [1.29, 1.82) is 0 Å². The molecule has 1 aliphatic heterocycles. The Bertz CT molecular complexity index is 1000. The zero-order valence-corrected chi connectivity index (χ0v) is 16.0. The summed E-state index contributed by atoms with van der Waals surface area (Å²) in [6.07, 6.45) is -3.09. The Labute approximate surface area is 164 Å². The van der Waals surface area contributed by atoms with Crippen LogP contribution in [0.15, 0.2) is 52.2 Å². The molecule has 1 fully saturated rings. The van der Waals surface area contributed by atoms with E-state index in [-0.39, 0.29) is 13.0 Å². The van der Waals surface area contributed by atoms with Gasteiger partial charge in [0.1, 0.15) is 12.3 Å². The summed E-state index contributed by atoms with van der Waals surface area (Å²) in [4.78, 5) is 42.5. The number of phosphoric ester groups is 1. The normalized spacial score (nSPS) is 23.2. The number of aliphatic hydroxyl groups is 2. The number of aliphatic hydroxyl groups excluding tert-OH is 2. The SMILES string of the molecule is O=c1ccn([C@H]2C[C@H](O)[C@@H](COP(=O)(O)O)O2)c(=O)n1CC(O)c1ccccc1. The van der Waals surface area contributed by atoms with Gasteiger partial charge < -0.3 is 24.7 Å². The van der Waals surface area contributed by atoms with Crippen LogP contribution >= 0.6 is 7.82 Å². The van der Waals surface area contributed by atoms with Gasteiger partial charge in [-0.2, -0.15) is 0 Å². The minimum absolute atomic E-state index is 0.0471. The summed E-state index contributed by atoms with van der Waals surface area (Å²) >= 11 is 0. The molecule has 12 heteroatoms. The third-order valence-corrected chi connectivity index (χ3v) is 5.04. The minimum Gasteiger partial charge on any atom is -0.390 e. The Balaban J connectivity index is 1.79. The molecule has 11 nitrogen and oxygen atoms in total. The van der Waals surface area contributed by atoms with E-state index in [0.29, 0.717) is 5.56 Å². The third-order valence-electron chi connectivity index (χ3n) is 4.56. The number of nitrogens with zero attached hydrogens (tertiary/aromatic N) is 2. The van der Waals surface area contributed by atoms with Crippen LogP contribution in [0.4, 0.5) is 0 Å². The van der Waals surface area contributed by atoms with Crippen LogP contribution in [0.3, 0.4) is 0 Å². The van der Waals surface area contributed by atoms with Gasteiger partial charge in [0.25, 0.3) is 5.56 Å². The molecule has 0 aliphatic carbocycles. The average molecular weight is 428 g/mol. The van der Waals surface area contributed by atoms with Crippen LogP contribution in [0.2, 0.25) is 0 Å². The van der Waals surface area contributed by atoms with Crippen LogP contribution in [-0.2, 0) is 20.4 Å². The number of phosphoric acid groups is 1. The minimum atomic E-state index is -4.74. The van der Waals surface area contributed by atoms with Crippen LogP contribution in [-0.4, -0.2) is 47.9 Å². The first-order chi connectivity index (χ1) is 13.7. The third kappa shape index (κ3) is 5.28. The van der Waals surface area contributed by atoms with Crippen molar-refractivity contribution < 1.29 is 33.8 Å². The predicted octanol–water partition coefficient (Wildman–Crippen LogP) is -0.499. The Morgan fingerprint density at radius 2 is 1.90 bits per heavy atom. The molecule has 0 amide bonds. The standard InChI is InChI=1S/C17H21N2O9P/c20-12-8-16(28-14(12)10-27-29(24,25)26)18-7-6-15(22)19(17(18)23)9-13(21)11-4-2-1-3-5-11/h1-7,12-14,16,20-21H,8-10H2,(H2,24,25,26)/t12-,13?,14+,16+/m0/s1. The van der Waals surface area contributed by atoms with E-state index in [1.165, 1.54) is 6.20 Å². The van der Waals surface area contributed by atoms with Crippen molar-refractivity contribution in [3.05, 3.63) is 69.0 Å². The highest BCUT2D eigenvalue weighted by molar-refractivity contribution is 7.46. The molecule has 0 bridgehead atoms. The van der Waals surface area contributed by atoms with Crippen LogP contribution in [0.5, 0.6) is 0 Å². The van der Waals surface area contributed by atoms with Crippen molar-refractivity contribution in [2.45, 2.75) is 37.5 Å². The largest absolute Gasteiger partial charge is 0.469 e. The maximum Gasteiger partial charge on any atom is 0.469 e. The maximum absolute atomic E-state index is 12.8. The lowest BCUT2D eigenvalue weighted by atomic mass is 10.1. The smallest absolute Gasteiger partial charge is 0.390 e. The van der Waals surface area contributed by atoms with Crippen molar-refractivity contribution in [2.75, 3.05) is 6.61 Å². The van der Waals surface area contributed by atoms with E-state index >= 15 is 0 Å². The highest BCUT2D eigenvalue weighted by Gasteiger charge is 2.37. The highest BCUT2D eigenvalue weighted by atomic mass is 31.2. The maximum atomic E-state index is 12.8. The highest BCUT2D eigenvalue weighted by Crippen LogP contribution is 2.38. The van der Waals surface area contributed by atoms with Crippen LogP contribution in [0.25, 0.3) is 0 Å². The second-order valence-electron chi connectivity index (χ2n) is 6.60. The molecule has 4 atom stereocenters. The first kappa shape index (κ1) is 21.6. The monoisotopic (exact) mass is 428 g/mol. The Morgan fingerprint density at radius 3 is 2.55 bits per heavy atom. The van der Waals surface area contributed by atoms with Gasteiger partial charge >= 0.3 is 13.5 Å². The molecule has 1 saturated heterocycles. The molecule has 2 heterocycles. The van der Waals surface area contributed by atoms with Gasteiger partial charge in [0, 0.05) is 18.7 Å². The van der Waals surface area contributed by atoms with E-state index in [2.05, 4.69) is 4.52 Å². The quantitative estimate of drug-likeness (QED) is 0.426. The van der Waals surface area contributed by atoms with Crippen LogP contribution < -0.4 is 11.2 Å². The number of hydrogen-bond donors (Lipinski definition) is 4. The van der Waals surface area contributed by atoms with Crippen molar-refractivity contribution >= 4 is 7.82 Å². The molecular formula is C17H21N2O9P. The summed E-state index contributed by atoms with van der Waals surface area (Å²) in [5.74, 6) is 0. The first-order valence-electron chi connectivity index (χ1n) is 8.74. The molecule has 4 N–H and O–H groups in total. The number of ether oxygens (including phenoxy) is 1. The molecule has 3 rings (SSSR count). The molecule has 158 valence electrons. The molecule has 2 aromatic rings. The van der Waals surface area contributed by atoms with E-state index in [1.807, 2.05) is 0 Å². The molecule has 29 heavy (non-hydrogen) atoms. The number of rotatable bonds is 7. The zero-order valence-electron chi connectivity index (χ0n) is 15.1. The summed E-state index contributed by atoms with van der Waals surface area (Å²) in [5.41, 5.74) is -0.821. The van der Waals surface area contributed by atoms with Crippen molar-refractivity contribution in [3.8, 4) is 0 Å². The van der Waals surface area contributed by atoms with Gasteiger partial charge in [-0.1, -0.05) is 30.3 Å². The second kappa shape index (κ2) is 8.72. The Kier molecular flexibility index (Phi) is 6.49. The van der Waals surface area contributed by atoms with Gasteiger partial charge in [0.05, 0.1) is 25.4 Å². The van der Waals surface area contributed by atoms with Gasteiger partial charge in [-0.25, -0.2) is 9.36 Å². The predicted molar refractivity (Wildman–Crippen MR) is 98.9 cm³/mol. The molecule has 1 aromatic carbocycles. The van der Waals surface area contributed by atoms with E-state index in [9.17, 15) is 24.4 Å². The van der Waals surface area contributed by atoms with E-state index in [0.717, 1.165) is 15.2 Å². The number of benzene rings is 1. The fourth-order valence-electron chi connectivity index (χ4n) is 3.08. The summed E-state index contributed by atoms with van der Waals surface area (Å²) in [7, 11) is -4.74. The molecular weight excluding hydrogens is 407 g/mol. The van der Waals surface area contributed by atoms with Gasteiger partial charge in [0.15, 0.2) is 0 Å².